The maximum atomic E-state index is 6.00. The molecular weight excluding hydrogens is 304 g/mol. The monoisotopic (exact) mass is 324 g/mol. The first kappa shape index (κ1) is 15.0. The van der Waals surface area contributed by atoms with Crippen LogP contribution in [0.2, 0.25) is 0 Å². The zero-order chi connectivity index (χ0) is 16.4. The Labute approximate surface area is 139 Å². The van der Waals surface area contributed by atoms with E-state index in [1.807, 2.05) is 10.7 Å². The number of rotatable bonds is 4. The largest absolute Gasteiger partial charge is 0.328 e. The lowest BCUT2D eigenvalue weighted by Crippen LogP contribution is -2.39. The van der Waals surface area contributed by atoms with Crippen LogP contribution in [0, 0.1) is 0 Å². The summed E-state index contributed by atoms with van der Waals surface area (Å²) in [5.74, 6) is 1.24. The Bertz CT molecular complexity index is 807. The molecule has 0 aliphatic carbocycles. The van der Waals surface area contributed by atoms with Crippen LogP contribution in [0.3, 0.4) is 0 Å². The van der Waals surface area contributed by atoms with Gasteiger partial charge in [-0.25, -0.2) is 19.5 Å². The first-order valence-electron chi connectivity index (χ1n) is 8.13. The molecule has 4 heterocycles. The predicted molar refractivity (Wildman–Crippen MR) is 90.8 cm³/mol. The lowest BCUT2D eigenvalue weighted by Gasteiger charge is -2.29. The second-order valence-electron chi connectivity index (χ2n) is 6.05. The van der Waals surface area contributed by atoms with E-state index in [9.17, 15) is 0 Å². The Kier molecular flexibility index (Phi) is 4.06. The van der Waals surface area contributed by atoms with E-state index in [-0.39, 0.29) is 0 Å². The molecule has 3 N–H and O–H groups in total. The van der Waals surface area contributed by atoms with Crippen LogP contribution in [-0.2, 0) is 6.54 Å². The maximum absolute atomic E-state index is 6.00. The highest BCUT2D eigenvalue weighted by Gasteiger charge is 2.18. The van der Waals surface area contributed by atoms with Crippen LogP contribution in [0.4, 0.5) is 11.8 Å². The molecule has 0 saturated carbocycles. The third-order valence-corrected chi connectivity index (χ3v) is 4.36. The topological polar surface area (TPSA) is 97.3 Å². The summed E-state index contributed by atoms with van der Waals surface area (Å²) >= 11 is 0. The molecular formula is C16H20N8. The fourth-order valence-corrected chi connectivity index (χ4v) is 3.06. The normalized spacial score (nSPS) is 16.5. The van der Waals surface area contributed by atoms with Gasteiger partial charge in [-0.05, 0) is 43.6 Å². The fourth-order valence-electron chi connectivity index (χ4n) is 3.06. The number of piperidine rings is 1. The van der Waals surface area contributed by atoms with Crippen LogP contribution in [0.15, 0.2) is 37.1 Å². The third kappa shape index (κ3) is 3.06. The molecule has 124 valence electrons. The molecule has 24 heavy (non-hydrogen) atoms. The van der Waals surface area contributed by atoms with E-state index >= 15 is 0 Å². The van der Waals surface area contributed by atoms with Gasteiger partial charge in [-0.15, -0.1) is 0 Å². The second kappa shape index (κ2) is 6.50. The van der Waals surface area contributed by atoms with Crippen molar-refractivity contribution in [1.82, 2.24) is 29.5 Å². The van der Waals surface area contributed by atoms with E-state index in [0.29, 0.717) is 17.8 Å². The van der Waals surface area contributed by atoms with E-state index in [2.05, 4.69) is 36.3 Å². The van der Waals surface area contributed by atoms with Gasteiger partial charge < -0.3 is 11.1 Å². The molecule has 0 aromatic carbocycles. The van der Waals surface area contributed by atoms with Crippen LogP contribution in [-0.4, -0.2) is 48.6 Å². The molecule has 0 unspecified atom stereocenters. The molecule has 3 aromatic rings. The minimum atomic E-state index is 0.336. The van der Waals surface area contributed by atoms with E-state index < -0.39 is 0 Å². The van der Waals surface area contributed by atoms with Crippen molar-refractivity contribution in [2.45, 2.75) is 25.4 Å². The van der Waals surface area contributed by atoms with Crippen molar-refractivity contribution in [3.63, 3.8) is 0 Å². The van der Waals surface area contributed by atoms with Crippen molar-refractivity contribution < 1.29 is 0 Å². The van der Waals surface area contributed by atoms with Crippen molar-refractivity contribution in [2.75, 3.05) is 18.4 Å². The van der Waals surface area contributed by atoms with Gasteiger partial charge in [0.15, 0.2) is 5.82 Å². The average molecular weight is 324 g/mol. The van der Waals surface area contributed by atoms with Crippen LogP contribution in [0.25, 0.3) is 5.52 Å². The number of hydrogen-bond donors (Lipinski definition) is 2. The second-order valence-corrected chi connectivity index (χ2v) is 6.05. The van der Waals surface area contributed by atoms with Gasteiger partial charge >= 0.3 is 0 Å². The Morgan fingerprint density at radius 3 is 2.75 bits per heavy atom. The molecule has 0 radical (unpaired) electrons. The molecule has 4 rings (SSSR count). The molecule has 1 aliphatic heterocycles. The van der Waals surface area contributed by atoms with Gasteiger partial charge in [0, 0.05) is 31.2 Å². The molecule has 8 heteroatoms. The van der Waals surface area contributed by atoms with E-state index in [1.165, 1.54) is 11.9 Å². The molecule has 0 spiro atoms. The van der Waals surface area contributed by atoms with Crippen molar-refractivity contribution in [2.24, 2.45) is 5.73 Å². The van der Waals surface area contributed by atoms with Gasteiger partial charge in [0.2, 0.25) is 5.95 Å². The summed E-state index contributed by atoms with van der Waals surface area (Å²) in [6, 6.07) is 4.21. The highest BCUT2D eigenvalue weighted by atomic mass is 15.3. The van der Waals surface area contributed by atoms with Crippen LogP contribution in [0.5, 0.6) is 0 Å². The number of fused-ring (bicyclic) bond motifs is 1. The zero-order valence-corrected chi connectivity index (χ0v) is 13.3. The lowest BCUT2D eigenvalue weighted by molar-refractivity contribution is 0.206. The number of anilines is 2. The molecule has 8 nitrogen and oxygen atoms in total. The maximum Gasteiger partial charge on any atom is 0.228 e. The molecule has 0 atom stereocenters. The zero-order valence-electron chi connectivity index (χ0n) is 13.3. The molecule has 0 amide bonds. The Morgan fingerprint density at radius 1 is 1.17 bits per heavy atom. The van der Waals surface area contributed by atoms with Gasteiger partial charge in [0.25, 0.3) is 0 Å². The average Bonchev–Trinajstić information content (AvgIpc) is 3.02. The van der Waals surface area contributed by atoms with Gasteiger partial charge in [-0.1, -0.05) is 0 Å². The third-order valence-electron chi connectivity index (χ3n) is 4.36. The number of nitrogens with zero attached hydrogens (tertiary/aromatic N) is 6. The summed E-state index contributed by atoms with van der Waals surface area (Å²) in [6.45, 7) is 2.91. The van der Waals surface area contributed by atoms with Crippen molar-refractivity contribution in [1.29, 1.82) is 0 Å². The molecule has 1 saturated heterocycles. The highest BCUT2D eigenvalue weighted by Crippen LogP contribution is 2.23. The summed E-state index contributed by atoms with van der Waals surface area (Å²) in [5, 5.41) is 7.48. The first-order valence-corrected chi connectivity index (χ1v) is 8.13. The smallest absolute Gasteiger partial charge is 0.228 e. The standard InChI is InChI=1S/C16H20N8/c17-13-3-7-23(8-4-13)10-12-2-9-24-14(12)15(20-11-21-24)22-16-18-5-1-6-19-16/h1-2,5-6,9,11,13H,3-4,7-8,10,17H2,(H,18,19,20,21,22). The summed E-state index contributed by atoms with van der Waals surface area (Å²) in [6.07, 6.45) is 8.98. The van der Waals surface area contributed by atoms with Gasteiger partial charge in [-0.2, -0.15) is 5.10 Å². The Hall–Kier alpha value is -2.58. The fraction of sp³-hybridized carbons (Fsp3) is 0.375. The molecule has 1 aliphatic rings. The van der Waals surface area contributed by atoms with Gasteiger partial charge in [0.1, 0.15) is 11.8 Å². The van der Waals surface area contributed by atoms with Crippen molar-refractivity contribution in [3.05, 3.63) is 42.6 Å². The highest BCUT2D eigenvalue weighted by molar-refractivity contribution is 5.74. The SMILES string of the molecule is NC1CCN(Cc2ccn3ncnc(Nc4ncccn4)c23)CC1. The van der Waals surface area contributed by atoms with Crippen molar-refractivity contribution >= 4 is 17.3 Å². The number of likely N-dealkylation sites (tertiary alicyclic amines) is 1. The lowest BCUT2D eigenvalue weighted by atomic mass is 10.1. The molecule has 0 bridgehead atoms. The van der Waals surface area contributed by atoms with Gasteiger partial charge in [0.05, 0.1) is 0 Å². The van der Waals surface area contributed by atoms with E-state index in [1.54, 1.807) is 18.5 Å². The minimum absolute atomic E-state index is 0.336. The van der Waals surface area contributed by atoms with Crippen molar-refractivity contribution in [3.8, 4) is 0 Å². The van der Waals surface area contributed by atoms with Crippen LogP contribution < -0.4 is 11.1 Å². The van der Waals surface area contributed by atoms with Gasteiger partial charge in [-0.3, -0.25) is 4.90 Å². The summed E-state index contributed by atoms with van der Waals surface area (Å²) in [7, 11) is 0. The summed E-state index contributed by atoms with van der Waals surface area (Å²) in [5.41, 5.74) is 8.14. The number of nitrogens with two attached hydrogens (primary N) is 1. The quantitative estimate of drug-likeness (QED) is 0.744. The predicted octanol–water partition coefficient (Wildman–Crippen LogP) is 1.19. The summed E-state index contributed by atoms with van der Waals surface area (Å²) in [4.78, 5) is 15.2. The minimum Gasteiger partial charge on any atom is -0.328 e. The van der Waals surface area contributed by atoms with Crippen LogP contribution in [0.1, 0.15) is 18.4 Å². The van der Waals surface area contributed by atoms with E-state index in [0.717, 1.165) is 38.0 Å². The number of nitrogens with one attached hydrogen (secondary N) is 1. The summed E-state index contributed by atoms with van der Waals surface area (Å²) < 4.78 is 1.84. The van der Waals surface area contributed by atoms with E-state index in [4.69, 9.17) is 5.73 Å². The molecule has 3 aromatic heterocycles. The van der Waals surface area contributed by atoms with Crippen LogP contribution >= 0.6 is 0 Å². The number of aromatic nitrogens is 5. The Balaban J connectivity index is 1.62. The Morgan fingerprint density at radius 2 is 1.96 bits per heavy atom. The first-order chi connectivity index (χ1) is 11.8. The number of hydrogen-bond acceptors (Lipinski definition) is 7. The molecule has 1 fully saturated rings.